The van der Waals surface area contributed by atoms with Gasteiger partial charge >= 0.3 is 0 Å². The summed E-state index contributed by atoms with van der Waals surface area (Å²) in [5.74, 6) is 0. The molecule has 0 aliphatic rings. The van der Waals surface area contributed by atoms with Crippen molar-refractivity contribution in [2.45, 2.75) is 25.9 Å². The summed E-state index contributed by atoms with van der Waals surface area (Å²) in [6.45, 7) is 10.9. The van der Waals surface area contributed by atoms with Gasteiger partial charge in [-0.1, -0.05) is 30.4 Å². The van der Waals surface area contributed by atoms with Crippen LogP contribution >= 0.6 is 0 Å². The molecule has 1 heteroatoms. The lowest BCUT2D eigenvalue weighted by atomic mass is 10.0. The van der Waals surface area contributed by atoms with E-state index in [-0.39, 0.29) is 0 Å². The molecule has 1 N–H and O–H groups in total. The van der Waals surface area contributed by atoms with E-state index in [9.17, 15) is 5.11 Å². The molecule has 0 aromatic rings. The summed E-state index contributed by atoms with van der Waals surface area (Å²) < 4.78 is 0. The maximum atomic E-state index is 9.44. The Morgan fingerprint density at radius 2 is 2.18 bits per heavy atom. The Hall–Kier alpha value is -0.820. The van der Waals surface area contributed by atoms with E-state index >= 15 is 0 Å². The van der Waals surface area contributed by atoms with E-state index in [0.29, 0.717) is 6.42 Å². The average Bonchev–Trinajstić information content (AvgIpc) is 1.87. The molecule has 0 spiro atoms. The van der Waals surface area contributed by atoms with Gasteiger partial charge in [0.15, 0.2) is 0 Å². The molecule has 62 valence electrons. The predicted octanol–water partition coefficient (Wildman–Crippen LogP) is 2.45. The molecule has 1 atom stereocenters. The van der Waals surface area contributed by atoms with Gasteiger partial charge in [-0.2, -0.15) is 0 Å². The standard InChI is InChI=1S/C10H16O/c1-5-10(4,11)8-6-7-9(2)3/h5-7,11H,1-2,8H2,3-4H3/t10-/m0/s1. The topological polar surface area (TPSA) is 20.2 Å². The summed E-state index contributed by atoms with van der Waals surface area (Å²) in [5.41, 5.74) is 0.205. The summed E-state index contributed by atoms with van der Waals surface area (Å²) in [7, 11) is 0. The van der Waals surface area contributed by atoms with Crippen molar-refractivity contribution in [3.8, 4) is 0 Å². The van der Waals surface area contributed by atoms with Crippen LogP contribution in [0.1, 0.15) is 20.3 Å². The van der Waals surface area contributed by atoms with E-state index in [0.717, 1.165) is 5.57 Å². The molecule has 0 amide bonds. The Morgan fingerprint density at radius 3 is 2.55 bits per heavy atom. The van der Waals surface area contributed by atoms with Crippen LogP contribution in [0, 0.1) is 0 Å². The molecule has 11 heavy (non-hydrogen) atoms. The monoisotopic (exact) mass is 152 g/mol. The first-order valence-corrected chi connectivity index (χ1v) is 3.66. The fourth-order valence-corrected chi connectivity index (χ4v) is 0.582. The minimum atomic E-state index is -0.786. The van der Waals surface area contributed by atoms with Gasteiger partial charge in [0.1, 0.15) is 0 Å². The van der Waals surface area contributed by atoms with Crippen LogP contribution in [0.3, 0.4) is 0 Å². The zero-order valence-corrected chi connectivity index (χ0v) is 7.30. The maximum Gasteiger partial charge on any atom is 0.0831 e. The highest BCUT2D eigenvalue weighted by molar-refractivity contribution is 5.12. The number of aliphatic hydroxyl groups is 1. The van der Waals surface area contributed by atoms with Crippen LogP contribution in [0.4, 0.5) is 0 Å². The van der Waals surface area contributed by atoms with Gasteiger partial charge in [-0.05, 0) is 20.3 Å². The first-order valence-electron chi connectivity index (χ1n) is 3.66. The van der Waals surface area contributed by atoms with Gasteiger partial charge in [0, 0.05) is 0 Å². The molecule has 0 aromatic heterocycles. The number of hydrogen-bond acceptors (Lipinski definition) is 1. The lowest BCUT2D eigenvalue weighted by Gasteiger charge is -2.14. The zero-order chi connectivity index (χ0) is 8.91. The second kappa shape index (κ2) is 4.14. The maximum absolute atomic E-state index is 9.44. The molecule has 0 aromatic carbocycles. The molecule has 1 nitrogen and oxygen atoms in total. The van der Waals surface area contributed by atoms with Crippen LogP contribution in [-0.4, -0.2) is 10.7 Å². The molecule has 0 fully saturated rings. The van der Waals surface area contributed by atoms with Gasteiger partial charge in [-0.3, -0.25) is 0 Å². The Kier molecular flexibility index (Phi) is 3.83. The lowest BCUT2D eigenvalue weighted by molar-refractivity contribution is 0.115. The fourth-order valence-electron chi connectivity index (χ4n) is 0.582. The Balaban J connectivity index is 3.87. The molecular weight excluding hydrogens is 136 g/mol. The molecule has 0 bridgehead atoms. The number of rotatable bonds is 4. The summed E-state index contributed by atoms with van der Waals surface area (Å²) in [4.78, 5) is 0. The molecule has 0 unspecified atom stereocenters. The molecule has 0 saturated carbocycles. The van der Waals surface area contributed by atoms with E-state index in [1.807, 2.05) is 19.1 Å². The Morgan fingerprint density at radius 1 is 1.64 bits per heavy atom. The number of hydrogen-bond donors (Lipinski definition) is 1. The van der Waals surface area contributed by atoms with E-state index in [1.54, 1.807) is 6.92 Å². The SMILES string of the molecule is C=C[C@](C)(O)CC=CC(=C)C. The van der Waals surface area contributed by atoms with Crippen LogP contribution in [0.15, 0.2) is 37.0 Å². The first kappa shape index (κ1) is 10.2. The number of allylic oxidation sites excluding steroid dienone is 2. The average molecular weight is 152 g/mol. The highest BCUT2D eigenvalue weighted by atomic mass is 16.3. The third-order valence-electron chi connectivity index (χ3n) is 1.37. The van der Waals surface area contributed by atoms with Crippen molar-refractivity contribution >= 4 is 0 Å². The second-order valence-corrected chi connectivity index (χ2v) is 3.01. The highest BCUT2D eigenvalue weighted by Crippen LogP contribution is 2.10. The first-order chi connectivity index (χ1) is 4.98. The van der Waals surface area contributed by atoms with Crippen molar-refractivity contribution in [1.29, 1.82) is 0 Å². The van der Waals surface area contributed by atoms with E-state index in [4.69, 9.17) is 0 Å². The van der Waals surface area contributed by atoms with Gasteiger partial charge in [-0.15, -0.1) is 6.58 Å². The van der Waals surface area contributed by atoms with Crippen LogP contribution in [0.5, 0.6) is 0 Å². The van der Waals surface area contributed by atoms with Gasteiger partial charge < -0.3 is 5.11 Å². The van der Waals surface area contributed by atoms with Crippen LogP contribution in [-0.2, 0) is 0 Å². The van der Waals surface area contributed by atoms with E-state index < -0.39 is 5.60 Å². The van der Waals surface area contributed by atoms with Crippen molar-refractivity contribution in [2.24, 2.45) is 0 Å². The predicted molar refractivity (Wildman–Crippen MR) is 49.4 cm³/mol. The molecule has 0 radical (unpaired) electrons. The zero-order valence-electron chi connectivity index (χ0n) is 7.30. The third kappa shape index (κ3) is 5.62. The largest absolute Gasteiger partial charge is 0.386 e. The van der Waals surface area contributed by atoms with Crippen molar-refractivity contribution in [3.05, 3.63) is 37.0 Å². The summed E-state index contributed by atoms with van der Waals surface area (Å²) in [6.07, 6.45) is 5.90. The second-order valence-electron chi connectivity index (χ2n) is 3.01. The van der Waals surface area contributed by atoms with E-state index in [2.05, 4.69) is 13.2 Å². The Labute approximate surface area is 68.7 Å². The lowest BCUT2D eigenvalue weighted by Crippen LogP contribution is -2.18. The molecule has 0 aliphatic carbocycles. The minimum absolute atomic E-state index is 0.587. The molecule has 0 aliphatic heterocycles. The minimum Gasteiger partial charge on any atom is -0.386 e. The summed E-state index contributed by atoms with van der Waals surface area (Å²) in [5, 5.41) is 9.44. The van der Waals surface area contributed by atoms with Crippen molar-refractivity contribution in [2.75, 3.05) is 0 Å². The van der Waals surface area contributed by atoms with Crippen molar-refractivity contribution in [1.82, 2.24) is 0 Å². The normalized spacial score (nSPS) is 16.3. The van der Waals surface area contributed by atoms with Crippen molar-refractivity contribution in [3.63, 3.8) is 0 Å². The Bertz CT molecular complexity index is 175. The summed E-state index contributed by atoms with van der Waals surface area (Å²) >= 11 is 0. The van der Waals surface area contributed by atoms with Crippen LogP contribution in [0.25, 0.3) is 0 Å². The third-order valence-corrected chi connectivity index (χ3v) is 1.37. The highest BCUT2D eigenvalue weighted by Gasteiger charge is 2.11. The van der Waals surface area contributed by atoms with Crippen LogP contribution in [0.2, 0.25) is 0 Å². The summed E-state index contributed by atoms with van der Waals surface area (Å²) in [6, 6.07) is 0. The fraction of sp³-hybridized carbons (Fsp3) is 0.400. The smallest absolute Gasteiger partial charge is 0.0831 e. The molecule has 0 heterocycles. The molecular formula is C10H16O. The molecule has 0 saturated heterocycles. The molecule has 0 rings (SSSR count). The van der Waals surface area contributed by atoms with Gasteiger partial charge in [0.25, 0.3) is 0 Å². The van der Waals surface area contributed by atoms with E-state index in [1.165, 1.54) is 6.08 Å². The van der Waals surface area contributed by atoms with Crippen molar-refractivity contribution < 1.29 is 5.11 Å². The van der Waals surface area contributed by atoms with Gasteiger partial charge in [0.2, 0.25) is 0 Å². The van der Waals surface area contributed by atoms with Gasteiger partial charge in [-0.25, -0.2) is 0 Å². The quantitative estimate of drug-likeness (QED) is 0.484. The van der Waals surface area contributed by atoms with Crippen LogP contribution < -0.4 is 0 Å². The van der Waals surface area contributed by atoms with Gasteiger partial charge in [0.05, 0.1) is 5.60 Å².